The van der Waals surface area contributed by atoms with Crippen LogP contribution in [0.25, 0.3) is 11.0 Å². The van der Waals surface area contributed by atoms with Crippen molar-refractivity contribution in [3.05, 3.63) is 68.6 Å². The summed E-state index contributed by atoms with van der Waals surface area (Å²) < 4.78 is 17.7. The first kappa shape index (κ1) is 25.8. The summed E-state index contributed by atoms with van der Waals surface area (Å²) in [6, 6.07) is 8.79. The molecule has 2 heterocycles. The Bertz CT molecular complexity index is 1330. The Kier molecular flexibility index (Phi) is 7.69. The molecule has 7 heteroatoms. The molecule has 0 spiro atoms. The Balaban J connectivity index is 1.84. The minimum absolute atomic E-state index is 0.132. The summed E-state index contributed by atoms with van der Waals surface area (Å²) in [5.41, 5.74) is 3.49. The second kappa shape index (κ2) is 10.7. The molecule has 0 radical (unpaired) electrons. The first-order valence-electron chi connectivity index (χ1n) is 12.6. The highest BCUT2D eigenvalue weighted by Gasteiger charge is 2.42. The molecule has 4 rings (SSSR count). The van der Waals surface area contributed by atoms with Crippen molar-refractivity contribution in [1.82, 2.24) is 9.80 Å². The third-order valence-corrected chi connectivity index (χ3v) is 6.85. The van der Waals surface area contributed by atoms with E-state index in [9.17, 15) is 9.59 Å². The predicted octanol–water partition coefficient (Wildman–Crippen LogP) is 5.09. The van der Waals surface area contributed by atoms with Gasteiger partial charge in [0, 0.05) is 6.54 Å². The first-order valence-corrected chi connectivity index (χ1v) is 12.6. The van der Waals surface area contributed by atoms with Crippen molar-refractivity contribution in [3.8, 4) is 11.5 Å². The van der Waals surface area contributed by atoms with Gasteiger partial charge in [-0.3, -0.25) is 9.59 Å². The molecular weight excluding hydrogens is 456 g/mol. The molecule has 192 valence electrons. The maximum absolute atomic E-state index is 13.8. The van der Waals surface area contributed by atoms with Crippen molar-refractivity contribution in [2.75, 3.05) is 40.9 Å². The van der Waals surface area contributed by atoms with E-state index >= 15 is 0 Å². The number of ether oxygens (including phenoxy) is 2. The van der Waals surface area contributed by atoms with Gasteiger partial charge in [-0.25, -0.2) is 0 Å². The Labute approximate surface area is 212 Å². The highest BCUT2D eigenvalue weighted by atomic mass is 16.5. The van der Waals surface area contributed by atoms with E-state index in [1.165, 1.54) is 0 Å². The summed E-state index contributed by atoms with van der Waals surface area (Å²) in [5, 5.41) is 0.497. The van der Waals surface area contributed by atoms with Gasteiger partial charge in [-0.15, -0.1) is 0 Å². The zero-order chi connectivity index (χ0) is 26.0. The fraction of sp³-hybridized carbons (Fsp3) is 0.448. The minimum Gasteiger partial charge on any atom is -0.493 e. The number of nitrogens with zero attached hydrogens (tertiary/aromatic N) is 2. The molecule has 3 aromatic rings. The zero-order valence-corrected chi connectivity index (χ0v) is 22.1. The number of hydrogen-bond donors (Lipinski definition) is 0. The molecule has 0 fully saturated rings. The Morgan fingerprint density at radius 3 is 2.47 bits per heavy atom. The van der Waals surface area contributed by atoms with Crippen molar-refractivity contribution >= 4 is 16.9 Å². The van der Waals surface area contributed by atoms with Crippen LogP contribution in [-0.2, 0) is 0 Å². The Morgan fingerprint density at radius 1 is 1.03 bits per heavy atom. The number of carbonyl (C=O) groups excluding carboxylic acids is 1. The lowest BCUT2D eigenvalue weighted by atomic mass is 9.97. The van der Waals surface area contributed by atoms with Crippen molar-refractivity contribution in [2.24, 2.45) is 0 Å². The zero-order valence-electron chi connectivity index (χ0n) is 22.1. The van der Waals surface area contributed by atoms with Gasteiger partial charge in [0.05, 0.1) is 30.7 Å². The van der Waals surface area contributed by atoms with Crippen LogP contribution >= 0.6 is 0 Å². The summed E-state index contributed by atoms with van der Waals surface area (Å²) >= 11 is 0. The van der Waals surface area contributed by atoms with Crippen LogP contribution in [-0.4, -0.2) is 56.6 Å². The Hall–Kier alpha value is -3.32. The summed E-state index contributed by atoms with van der Waals surface area (Å²) in [6.45, 7) is 7.97. The lowest BCUT2D eigenvalue weighted by molar-refractivity contribution is 0.0722. The van der Waals surface area contributed by atoms with Crippen molar-refractivity contribution in [3.63, 3.8) is 0 Å². The molecule has 36 heavy (non-hydrogen) atoms. The molecule has 0 saturated heterocycles. The molecule has 1 amide bonds. The number of methoxy groups -OCH3 is 1. The molecule has 1 aromatic heterocycles. The number of amides is 1. The van der Waals surface area contributed by atoms with Gasteiger partial charge >= 0.3 is 0 Å². The molecular formula is C29H36N2O5. The number of benzene rings is 2. The molecule has 0 unspecified atom stereocenters. The van der Waals surface area contributed by atoms with Crippen LogP contribution in [0.4, 0.5) is 0 Å². The molecule has 0 bridgehead atoms. The highest BCUT2D eigenvalue weighted by Crippen LogP contribution is 2.41. The van der Waals surface area contributed by atoms with Crippen LogP contribution in [0.1, 0.15) is 65.0 Å². The molecule has 0 aliphatic carbocycles. The van der Waals surface area contributed by atoms with Gasteiger partial charge in [0.1, 0.15) is 5.58 Å². The summed E-state index contributed by atoms with van der Waals surface area (Å²) in [5.74, 6) is 1.10. The number of hydrogen-bond acceptors (Lipinski definition) is 6. The van der Waals surface area contributed by atoms with E-state index in [1.807, 2.05) is 58.3 Å². The standard InChI is InChI=1S/C29H36N2O5/c1-7-8-14-35-22-11-10-20(17-24(22)34-6)26-25-27(32)21-15-18(2)19(3)16-23(21)36-28(25)29(33)31(26)13-9-12-30(4)5/h10-11,15-17,26H,7-9,12-14H2,1-6H3/t26-/m0/s1. The van der Waals surface area contributed by atoms with Crippen LogP contribution < -0.4 is 14.9 Å². The molecule has 1 aliphatic heterocycles. The number of aryl methyl sites for hydroxylation is 2. The van der Waals surface area contributed by atoms with E-state index in [1.54, 1.807) is 12.0 Å². The molecule has 1 atom stereocenters. The van der Waals surface area contributed by atoms with Crippen LogP contribution in [0.15, 0.2) is 39.5 Å². The third-order valence-electron chi connectivity index (χ3n) is 6.85. The third kappa shape index (κ3) is 4.85. The van der Waals surface area contributed by atoms with E-state index in [0.29, 0.717) is 41.2 Å². The van der Waals surface area contributed by atoms with Gasteiger partial charge in [0.15, 0.2) is 16.9 Å². The fourth-order valence-corrected chi connectivity index (χ4v) is 4.71. The summed E-state index contributed by atoms with van der Waals surface area (Å²) in [4.78, 5) is 31.3. The quantitative estimate of drug-likeness (QED) is 0.367. The number of carbonyl (C=O) groups is 1. The SMILES string of the molecule is CCCCOc1ccc([C@H]2c3c(oc4cc(C)c(C)cc4c3=O)C(=O)N2CCCN(C)C)cc1OC. The normalized spacial score (nSPS) is 15.1. The minimum atomic E-state index is -0.560. The first-order chi connectivity index (χ1) is 17.3. The smallest absolute Gasteiger partial charge is 0.290 e. The summed E-state index contributed by atoms with van der Waals surface area (Å²) in [6.07, 6.45) is 2.75. The number of unbranched alkanes of at least 4 members (excludes halogenated alkanes) is 1. The molecule has 0 N–H and O–H groups in total. The highest BCUT2D eigenvalue weighted by molar-refractivity contribution is 5.99. The maximum atomic E-state index is 13.8. The topological polar surface area (TPSA) is 72.2 Å². The number of rotatable bonds is 10. The van der Waals surface area contributed by atoms with Crippen molar-refractivity contribution < 1.29 is 18.7 Å². The largest absolute Gasteiger partial charge is 0.493 e. The Morgan fingerprint density at radius 2 is 1.78 bits per heavy atom. The van der Waals surface area contributed by atoms with E-state index in [2.05, 4.69) is 11.8 Å². The van der Waals surface area contributed by atoms with Crippen molar-refractivity contribution in [1.29, 1.82) is 0 Å². The lowest BCUT2D eigenvalue weighted by Crippen LogP contribution is -2.32. The summed E-state index contributed by atoms with van der Waals surface area (Å²) in [7, 11) is 5.60. The van der Waals surface area contributed by atoms with Gasteiger partial charge in [0.25, 0.3) is 5.91 Å². The fourth-order valence-electron chi connectivity index (χ4n) is 4.71. The van der Waals surface area contributed by atoms with Crippen LogP contribution in [0.3, 0.4) is 0 Å². The molecule has 7 nitrogen and oxygen atoms in total. The van der Waals surface area contributed by atoms with Crippen LogP contribution in [0.5, 0.6) is 11.5 Å². The monoisotopic (exact) mass is 492 g/mol. The van der Waals surface area contributed by atoms with Gasteiger partial charge < -0.3 is 23.7 Å². The second-order valence-corrected chi connectivity index (χ2v) is 9.78. The van der Waals surface area contributed by atoms with E-state index in [-0.39, 0.29) is 17.1 Å². The molecule has 0 saturated carbocycles. The van der Waals surface area contributed by atoms with Gasteiger partial charge in [-0.1, -0.05) is 19.4 Å². The predicted molar refractivity (Wildman–Crippen MR) is 141 cm³/mol. The molecule has 1 aliphatic rings. The second-order valence-electron chi connectivity index (χ2n) is 9.78. The van der Waals surface area contributed by atoms with Crippen LogP contribution in [0.2, 0.25) is 0 Å². The van der Waals surface area contributed by atoms with E-state index in [4.69, 9.17) is 13.9 Å². The average Bonchev–Trinajstić information content (AvgIpc) is 3.12. The van der Waals surface area contributed by atoms with Crippen LogP contribution in [0, 0.1) is 13.8 Å². The van der Waals surface area contributed by atoms with Crippen molar-refractivity contribution in [2.45, 2.75) is 46.1 Å². The van der Waals surface area contributed by atoms with E-state index < -0.39 is 6.04 Å². The van der Waals surface area contributed by atoms with E-state index in [0.717, 1.165) is 42.5 Å². The van der Waals surface area contributed by atoms with Gasteiger partial charge in [0.2, 0.25) is 5.76 Å². The molecule has 2 aromatic carbocycles. The lowest BCUT2D eigenvalue weighted by Gasteiger charge is -2.26. The van der Waals surface area contributed by atoms with Gasteiger partial charge in [-0.2, -0.15) is 0 Å². The van der Waals surface area contributed by atoms with Gasteiger partial charge in [-0.05, 0) is 88.3 Å². The maximum Gasteiger partial charge on any atom is 0.290 e. The average molecular weight is 493 g/mol. The number of fused-ring (bicyclic) bond motifs is 2.